The zero-order valence-corrected chi connectivity index (χ0v) is 19.9. The number of likely N-dealkylation sites (tertiary alicyclic amines) is 2. The highest BCUT2D eigenvalue weighted by Crippen LogP contribution is 2.20. The van der Waals surface area contributed by atoms with Crippen LogP contribution >= 0.6 is 0 Å². The van der Waals surface area contributed by atoms with Gasteiger partial charge in [0.1, 0.15) is 25.3 Å². The molecule has 2 heterocycles. The fraction of sp³-hybridized carbons (Fsp3) is 0.385. The van der Waals surface area contributed by atoms with Gasteiger partial charge in [0.15, 0.2) is 0 Å². The number of rotatable bonds is 6. The monoisotopic (exact) mass is 494 g/mol. The standard InChI is InChI=1S/C26H30N4O6/c31-23(21-13-7-15-29(21)25(33)35-17-19-9-3-1-4-10-19)27-28-24(32)22-14-8-16-30(22)26(34)36-18-20-11-5-2-6-12-20/h1-6,9-12,21-22H,7-8,13-18H2,(H,27,31)(H,28,32)/t21-,22?/m0/s1. The van der Waals surface area contributed by atoms with E-state index in [1.165, 1.54) is 9.80 Å². The minimum atomic E-state index is -0.746. The molecule has 10 heteroatoms. The number of hydrogen-bond acceptors (Lipinski definition) is 6. The first-order valence-electron chi connectivity index (χ1n) is 12.1. The molecule has 4 rings (SSSR count). The maximum Gasteiger partial charge on any atom is 0.410 e. The summed E-state index contributed by atoms with van der Waals surface area (Å²) in [6.07, 6.45) is 1.07. The predicted octanol–water partition coefficient (Wildman–Crippen LogP) is 2.74. The third-order valence-corrected chi connectivity index (χ3v) is 6.30. The van der Waals surface area contributed by atoms with Gasteiger partial charge in [0.2, 0.25) is 0 Å². The fourth-order valence-corrected chi connectivity index (χ4v) is 4.41. The van der Waals surface area contributed by atoms with Crippen molar-refractivity contribution in [3.05, 3.63) is 71.8 Å². The molecule has 2 aliphatic rings. The van der Waals surface area contributed by atoms with Crippen molar-refractivity contribution < 1.29 is 28.7 Å². The molecular formula is C26H30N4O6. The van der Waals surface area contributed by atoms with Gasteiger partial charge in [-0.05, 0) is 36.8 Å². The molecule has 2 fully saturated rings. The van der Waals surface area contributed by atoms with Gasteiger partial charge in [0, 0.05) is 13.1 Å². The van der Waals surface area contributed by atoms with Crippen LogP contribution < -0.4 is 10.9 Å². The Labute approximate surface area is 209 Å². The van der Waals surface area contributed by atoms with Crippen molar-refractivity contribution in [1.82, 2.24) is 20.7 Å². The highest BCUT2D eigenvalue weighted by Gasteiger charge is 2.38. The molecule has 2 aliphatic heterocycles. The lowest BCUT2D eigenvalue weighted by Gasteiger charge is -2.25. The van der Waals surface area contributed by atoms with E-state index in [-0.39, 0.29) is 13.2 Å². The Bertz CT molecular complexity index is 979. The van der Waals surface area contributed by atoms with Gasteiger partial charge in [-0.1, -0.05) is 60.7 Å². The number of nitrogens with zero attached hydrogens (tertiary/aromatic N) is 2. The van der Waals surface area contributed by atoms with Gasteiger partial charge in [-0.2, -0.15) is 0 Å². The van der Waals surface area contributed by atoms with Crippen molar-refractivity contribution >= 4 is 24.0 Å². The second-order valence-corrected chi connectivity index (χ2v) is 8.76. The summed E-state index contributed by atoms with van der Waals surface area (Å²) in [5.74, 6) is -1.01. The van der Waals surface area contributed by atoms with Gasteiger partial charge in [-0.3, -0.25) is 30.2 Å². The second kappa shape index (κ2) is 12.1. The van der Waals surface area contributed by atoms with Crippen LogP contribution in [-0.2, 0) is 32.3 Å². The molecular weight excluding hydrogens is 464 g/mol. The summed E-state index contributed by atoms with van der Waals surface area (Å²) in [6.45, 7) is 1.00. The first kappa shape index (κ1) is 25.0. The fourth-order valence-electron chi connectivity index (χ4n) is 4.41. The summed E-state index contributed by atoms with van der Waals surface area (Å²) < 4.78 is 10.7. The Hall–Kier alpha value is -4.08. The molecule has 10 nitrogen and oxygen atoms in total. The summed E-state index contributed by atoms with van der Waals surface area (Å²) >= 11 is 0. The van der Waals surface area contributed by atoms with E-state index in [0.29, 0.717) is 38.8 Å². The number of carbonyl (C=O) groups is 4. The van der Waals surface area contributed by atoms with Gasteiger partial charge in [-0.15, -0.1) is 0 Å². The van der Waals surface area contributed by atoms with Gasteiger partial charge in [-0.25, -0.2) is 9.59 Å². The SMILES string of the molecule is O=C(NNC(=O)[C@@H]1CCCN1C(=O)OCc1ccccc1)C1CCCN1C(=O)OCc1ccccc1. The summed E-state index contributed by atoms with van der Waals surface area (Å²) in [4.78, 5) is 53.3. The largest absolute Gasteiger partial charge is 0.445 e. The van der Waals surface area contributed by atoms with Crippen molar-refractivity contribution in [2.75, 3.05) is 13.1 Å². The Kier molecular flexibility index (Phi) is 8.38. The Balaban J connectivity index is 1.24. The van der Waals surface area contributed by atoms with Crippen LogP contribution in [0.2, 0.25) is 0 Å². The number of ether oxygens (including phenoxy) is 2. The number of amides is 4. The molecule has 0 bridgehead atoms. The van der Waals surface area contributed by atoms with Crippen molar-refractivity contribution in [3.63, 3.8) is 0 Å². The lowest BCUT2D eigenvalue weighted by atomic mass is 10.2. The Morgan fingerprint density at radius 2 is 1.06 bits per heavy atom. The maximum absolute atomic E-state index is 12.7. The highest BCUT2D eigenvalue weighted by atomic mass is 16.6. The van der Waals surface area contributed by atoms with Gasteiger partial charge >= 0.3 is 12.2 Å². The Morgan fingerprint density at radius 3 is 1.44 bits per heavy atom. The zero-order valence-electron chi connectivity index (χ0n) is 19.9. The molecule has 0 radical (unpaired) electrons. The molecule has 2 atom stereocenters. The molecule has 1 unspecified atom stereocenters. The average Bonchev–Trinajstić information content (AvgIpc) is 3.60. The molecule has 190 valence electrons. The van der Waals surface area contributed by atoms with Crippen LogP contribution in [0, 0.1) is 0 Å². The van der Waals surface area contributed by atoms with E-state index in [0.717, 1.165) is 11.1 Å². The number of nitrogens with one attached hydrogen (secondary N) is 2. The quantitative estimate of drug-likeness (QED) is 0.597. The first-order chi connectivity index (χ1) is 17.5. The third kappa shape index (κ3) is 6.32. The minimum absolute atomic E-state index is 0.110. The van der Waals surface area contributed by atoms with E-state index >= 15 is 0 Å². The smallest absolute Gasteiger partial charge is 0.410 e. The summed E-state index contributed by atoms with van der Waals surface area (Å²) in [5, 5.41) is 0. The van der Waals surface area contributed by atoms with Crippen LogP contribution in [0.4, 0.5) is 9.59 Å². The molecule has 2 saturated heterocycles. The van der Waals surface area contributed by atoms with E-state index in [1.807, 2.05) is 60.7 Å². The summed E-state index contributed by atoms with van der Waals surface area (Å²) in [6, 6.07) is 17.1. The molecule has 0 aromatic heterocycles. The van der Waals surface area contributed by atoms with Gasteiger partial charge in [0.25, 0.3) is 11.8 Å². The number of benzene rings is 2. The summed E-state index contributed by atoms with van der Waals surface area (Å²) in [7, 11) is 0. The predicted molar refractivity (Wildman–Crippen MR) is 129 cm³/mol. The molecule has 0 spiro atoms. The van der Waals surface area contributed by atoms with E-state index in [4.69, 9.17) is 9.47 Å². The lowest BCUT2D eigenvalue weighted by molar-refractivity contribution is -0.133. The second-order valence-electron chi connectivity index (χ2n) is 8.76. The average molecular weight is 495 g/mol. The zero-order chi connectivity index (χ0) is 25.3. The van der Waals surface area contributed by atoms with Crippen molar-refractivity contribution in [1.29, 1.82) is 0 Å². The van der Waals surface area contributed by atoms with Crippen LogP contribution in [0.15, 0.2) is 60.7 Å². The van der Waals surface area contributed by atoms with E-state index in [2.05, 4.69) is 10.9 Å². The maximum atomic E-state index is 12.7. The molecule has 4 amide bonds. The van der Waals surface area contributed by atoms with Crippen LogP contribution in [0.1, 0.15) is 36.8 Å². The number of hydrazine groups is 1. The van der Waals surface area contributed by atoms with E-state index in [1.54, 1.807) is 0 Å². The van der Waals surface area contributed by atoms with Crippen LogP contribution in [-0.4, -0.2) is 59.0 Å². The van der Waals surface area contributed by atoms with Crippen LogP contribution in [0.3, 0.4) is 0 Å². The normalized spacial score (nSPS) is 19.0. The molecule has 2 aromatic rings. The highest BCUT2D eigenvalue weighted by molar-refractivity contribution is 5.90. The molecule has 36 heavy (non-hydrogen) atoms. The van der Waals surface area contributed by atoms with Gasteiger partial charge < -0.3 is 9.47 Å². The number of hydrogen-bond donors (Lipinski definition) is 2. The summed E-state index contributed by atoms with van der Waals surface area (Å²) in [5.41, 5.74) is 6.52. The lowest BCUT2D eigenvalue weighted by Crippen LogP contribution is -2.55. The van der Waals surface area contributed by atoms with Crippen LogP contribution in [0.25, 0.3) is 0 Å². The molecule has 2 aromatic carbocycles. The third-order valence-electron chi connectivity index (χ3n) is 6.30. The van der Waals surface area contributed by atoms with E-state index in [9.17, 15) is 19.2 Å². The Morgan fingerprint density at radius 1 is 0.667 bits per heavy atom. The van der Waals surface area contributed by atoms with E-state index < -0.39 is 36.1 Å². The molecule has 0 saturated carbocycles. The van der Waals surface area contributed by atoms with Crippen molar-refractivity contribution in [2.45, 2.75) is 51.0 Å². The van der Waals surface area contributed by atoms with Gasteiger partial charge in [0.05, 0.1) is 0 Å². The number of carbonyl (C=O) groups excluding carboxylic acids is 4. The van der Waals surface area contributed by atoms with Crippen molar-refractivity contribution in [2.24, 2.45) is 0 Å². The molecule has 0 aliphatic carbocycles. The first-order valence-corrected chi connectivity index (χ1v) is 12.1. The van der Waals surface area contributed by atoms with Crippen LogP contribution in [0.5, 0.6) is 0 Å². The topological polar surface area (TPSA) is 117 Å². The minimum Gasteiger partial charge on any atom is -0.445 e. The molecule has 2 N–H and O–H groups in total. The van der Waals surface area contributed by atoms with Crippen molar-refractivity contribution in [3.8, 4) is 0 Å².